The topological polar surface area (TPSA) is 87.3 Å². The molecule has 2 aromatic heterocycles. The van der Waals surface area contributed by atoms with Gasteiger partial charge < -0.3 is 19.4 Å². The Morgan fingerprint density at radius 2 is 2.16 bits per heavy atom. The smallest absolute Gasteiger partial charge is 0.262 e. The van der Waals surface area contributed by atoms with Crippen LogP contribution in [0.5, 0.6) is 5.75 Å². The van der Waals surface area contributed by atoms with E-state index in [1.807, 2.05) is 0 Å². The maximum Gasteiger partial charge on any atom is 0.262 e. The summed E-state index contributed by atoms with van der Waals surface area (Å²) in [5, 5.41) is 3.87. The van der Waals surface area contributed by atoms with Crippen molar-refractivity contribution in [3.63, 3.8) is 0 Å². The minimum Gasteiger partial charge on any atom is -0.496 e. The number of aromatic nitrogens is 2. The van der Waals surface area contributed by atoms with Gasteiger partial charge in [0.1, 0.15) is 5.75 Å². The third-order valence-corrected chi connectivity index (χ3v) is 2.62. The monoisotopic (exact) mass is 257 g/mol. The first kappa shape index (κ1) is 11.3. The molecule has 0 spiro atoms. The van der Waals surface area contributed by atoms with Crippen molar-refractivity contribution < 1.29 is 13.7 Å². The van der Waals surface area contributed by atoms with Crippen LogP contribution in [0, 0.1) is 0 Å². The Morgan fingerprint density at radius 1 is 1.26 bits per heavy atom. The van der Waals surface area contributed by atoms with Gasteiger partial charge in [0, 0.05) is 11.8 Å². The average Bonchev–Trinajstić information content (AvgIpc) is 3.09. The van der Waals surface area contributed by atoms with Gasteiger partial charge in [0.2, 0.25) is 5.82 Å². The van der Waals surface area contributed by atoms with Crippen molar-refractivity contribution in [2.75, 3.05) is 12.8 Å². The van der Waals surface area contributed by atoms with Crippen LogP contribution in [0.2, 0.25) is 0 Å². The zero-order chi connectivity index (χ0) is 13.2. The molecule has 0 fully saturated rings. The molecule has 0 saturated carbocycles. The van der Waals surface area contributed by atoms with E-state index in [0.717, 1.165) is 0 Å². The fourth-order valence-corrected chi connectivity index (χ4v) is 1.72. The molecular formula is C13H11N3O3. The molecule has 1 aromatic carbocycles. The molecule has 96 valence electrons. The van der Waals surface area contributed by atoms with Gasteiger partial charge in [-0.15, -0.1) is 0 Å². The fourth-order valence-electron chi connectivity index (χ4n) is 1.72. The van der Waals surface area contributed by atoms with Gasteiger partial charge in [-0.25, -0.2) is 0 Å². The zero-order valence-electron chi connectivity index (χ0n) is 10.2. The molecule has 0 aliphatic carbocycles. The van der Waals surface area contributed by atoms with E-state index in [1.165, 1.54) is 0 Å². The highest BCUT2D eigenvalue weighted by Gasteiger charge is 2.16. The third-order valence-electron chi connectivity index (χ3n) is 2.62. The molecule has 19 heavy (non-hydrogen) atoms. The molecule has 0 aliphatic heterocycles. The van der Waals surface area contributed by atoms with Gasteiger partial charge in [0.25, 0.3) is 5.89 Å². The van der Waals surface area contributed by atoms with E-state index in [9.17, 15) is 0 Å². The van der Waals surface area contributed by atoms with Crippen molar-refractivity contribution in [1.29, 1.82) is 0 Å². The summed E-state index contributed by atoms with van der Waals surface area (Å²) in [5.74, 6) is 1.86. The number of rotatable bonds is 3. The number of nitrogens with two attached hydrogens (primary N) is 1. The second-order valence-corrected chi connectivity index (χ2v) is 3.86. The Morgan fingerprint density at radius 3 is 2.89 bits per heavy atom. The number of nitrogens with zero attached hydrogens (tertiary/aromatic N) is 2. The largest absolute Gasteiger partial charge is 0.496 e. The predicted molar refractivity (Wildman–Crippen MR) is 68.4 cm³/mol. The van der Waals surface area contributed by atoms with Gasteiger partial charge in [-0.3, -0.25) is 0 Å². The van der Waals surface area contributed by atoms with Gasteiger partial charge >= 0.3 is 0 Å². The fraction of sp³-hybridized carbons (Fsp3) is 0.0769. The standard InChI is InChI=1S/C13H11N3O3/c1-17-11-7-8(14)4-5-9(11)13-15-12(16-19-13)10-3-2-6-18-10/h2-7H,14H2,1H3. The van der Waals surface area contributed by atoms with E-state index in [-0.39, 0.29) is 0 Å². The summed E-state index contributed by atoms with van der Waals surface area (Å²) >= 11 is 0. The predicted octanol–water partition coefficient (Wildman–Crippen LogP) is 2.59. The number of ether oxygens (including phenoxy) is 1. The number of benzene rings is 1. The molecule has 3 aromatic rings. The number of nitrogen functional groups attached to an aromatic ring is 1. The second kappa shape index (κ2) is 4.49. The van der Waals surface area contributed by atoms with Crippen LogP contribution < -0.4 is 10.5 Å². The van der Waals surface area contributed by atoms with Crippen molar-refractivity contribution in [3.8, 4) is 28.8 Å². The van der Waals surface area contributed by atoms with Crippen molar-refractivity contribution in [2.24, 2.45) is 0 Å². The Kier molecular flexibility index (Phi) is 2.68. The summed E-state index contributed by atoms with van der Waals surface area (Å²) in [6, 6.07) is 8.73. The molecule has 2 N–H and O–H groups in total. The molecule has 6 heteroatoms. The molecule has 0 aliphatic rings. The lowest BCUT2D eigenvalue weighted by molar-refractivity contribution is 0.405. The molecular weight excluding hydrogens is 246 g/mol. The van der Waals surface area contributed by atoms with Crippen molar-refractivity contribution in [3.05, 3.63) is 36.6 Å². The van der Waals surface area contributed by atoms with E-state index in [1.54, 1.807) is 43.7 Å². The van der Waals surface area contributed by atoms with Crippen LogP contribution in [0.4, 0.5) is 5.69 Å². The first-order chi connectivity index (χ1) is 9.28. The molecule has 6 nitrogen and oxygen atoms in total. The van der Waals surface area contributed by atoms with E-state index in [2.05, 4.69) is 10.1 Å². The van der Waals surface area contributed by atoms with Crippen LogP contribution >= 0.6 is 0 Å². The average molecular weight is 257 g/mol. The quantitative estimate of drug-likeness (QED) is 0.725. The number of hydrogen-bond donors (Lipinski definition) is 1. The number of furan rings is 1. The van der Waals surface area contributed by atoms with Crippen molar-refractivity contribution in [2.45, 2.75) is 0 Å². The molecule has 0 radical (unpaired) electrons. The minimum atomic E-state index is 0.350. The summed E-state index contributed by atoms with van der Waals surface area (Å²) in [7, 11) is 1.56. The van der Waals surface area contributed by atoms with Gasteiger partial charge in [0.05, 0.1) is 18.9 Å². The van der Waals surface area contributed by atoms with E-state index in [4.69, 9.17) is 19.4 Å². The zero-order valence-corrected chi connectivity index (χ0v) is 10.2. The number of anilines is 1. The maximum atomic E-state index is 5.70. The van der Waals surface area contributed by atoms with Crippen LogP contribution in [0.25, 0.3) is 23.0 Å². The van der Waals surface area contributed by atoms with Crippen molar-refractivity contribution in [1.82, 2.24) is 10.1 Å². The van der Waals surface area contributed by atoms with Crippen LogP contribution in [-0.2, 0) is 0 Å². The Bertz CT molecular complexity index is 689. The van der Waals surface area contributed by atoms with E-state index < -0.39 is 0 Å². The first-order valence-corrected chi connectivity index (χ1v) is 5.59. The Balaban J connectivity index is 2.03. The SMILES string of the molecule is COc1cc(N)ccc1-c1nc(-c2ccco2)no1. The highest BCUT2D eigenvalue weighted by Crippen LogP contribution is 2.31. The summed E-state index contributed by atoms with van der Waals surface area (Å²) in [5.41, 5.74) is 6.99. The van der Waals surface area contributed by atoms with Crippen LogP contribution in [0.15, 0.2) is 45.5 Å². The highest BCUT2D eigenvalue weighted by molar-refractivity contribution is 5.67. The second-order valence-electron chi connectivity index (χ2n) is 3.86. The number of hydrogen-bond acceptors (Lipinski definition) is 6. The molecule has 0 amide bonds. The summed E-state index contributed by atoms with van der Waals surface area (Å²) < 4.78 is 15.7. The van der Waals surface area contributed by atoms with Gasteiger partial charge in [-0.1, -0.05) is 5.16 Å². The molecule has 0 atom stereocenters. The van der Waals surface area contributed by atoms with E-state index >= 15 is 0 Å². The molecule has 3 rings (SSSR count). The molecule has 0 unspecified atom stereocenters. The van der Waals surface area contributed by atoms with Gasteiger partial charge in [-0.2, -0.15) is 4.98 Å². The summed E-state index contributed by atoms with van der Waals surface area (Å²) in [6.07, 6.45) is 1.55. The lowest BCUT2D eigenvalue weighted by Crippen LogP contribution is -1.91. The summed E-state index contributed by atoms with van der Waals surface area (Å²) in [4.78, 5) is 4.27. The van der Waals surface area contributed by atoms with Crippen LogP contribution in [0.1, 0.15) is 0 Å². The lowest BCUT2D eigenvalue weighted by Gasteiger charge is -2.05. The Hall–Kier alpha value is -2.76. The van der Waals surface area contributed by atoms with Crippen LogP contribution in [0.3, 0.4) is 0 Å². The van der Waals surface area contributed by atoms with Crippen LogP contribution in [-0.4, -0.2) is 17.3 Å². The highest BCUT2D eigenvalue weighted by atomic mass is 16.5. The first-order valence-electron chi connectivity index (χ1n) is 5.59. The van der Waals surface area contributed by atoms with E-state index in [0.29, 0.717) is 34.5 Å². The van der Waals surface area contributed by atoms with Gasteiger partial charge in [-0.05, 0) is 24.3 Å². The minimum absolute atomic E-state index is 0.350. The van der Waals surface area contributed by atoms with Gasteiger partial charge in [0.15, 0.2) is 5.76 Å². The lowest BCUT2D eigenvalue weighted by atomic mass is 10.2. The van der Waals surface area contributed by atoms with Crippen molar-refractivity contribution >= 4 is 5.69 Å². The summed E-state index contributed by atoms with van der Waals surface area (Å²) in [6.45, 7) is 0. The maximum absolute atomic E-state index is 5.70. The third kappa shape index (κ3) is 2.03. The Labute approximate surface area is 108 Å². The molecule has 0 saturated heterocycles. The molecule has 0 bridgehead atoms. The number of methoxy groups -OCH3 is 1. The normalized spacial score (nSPS) is 10.6. The molecule has 2 heterocycles.